The van der Waals surface area contributed by atoms with Crippen molar-refractivity contribution in [2.75, 3.05) is 7.11 Å². The van der Waals surface area contributed by atoms with Gasteiger partial charge in [0.15, 0.2) is 11.6 Å². The number of rotatable bonds is 3. The maximum atomic E-state index is 13.1. The summed E-state index contributed by atoms with van der Waals surface area (Å²) in [5, 5.41) is 9.38. The average Bonchev–Trinajstić information content (AvgIpc) is 2.59. The molecule has 17 heavy (non-hydrogen) atoms. The first kappa shape index (κ1) is 11.9. The molecule has 0 bridgehead atoms. The predicted molar refractivity (Wildman–Crippen MR) is 59.4 cm³/mol. The highest BCUT2D eigenvalue weighted by Crippen LogP contribution is 2.33. The van der Waals surface area contributed by atoms with Crippen molar-refractivity contribution in [3.05, 3.63) is 34.2 Å². The molecule has 1 heterocycles. The summed E-state index contributed by atoms with van der Waals surface area (Å²) in [5.74, 6) is -3.11. The second-order valence-corrected chi connectivity index (χ2v) is 4.46. The Labute approximate surface area is 99.2 Å². The molecule has 0 saturated carbocycles. The van der Waals surface area contributed by atoms with E-state index in [0.29, 0.717) is 15.6 Å². The van der Waals surface area contributed by atoms with Gasteiger partial charge in [-0.2, -0.15) is 0 Å². The zero-order chi connectivity index (χ0) is 12.6. The number of carbonyl (C=O) groups is 1. The van der Waals surface area contributed by atoms with Crippen molar-refractivity contribution < 1.29 is 23.4 Å². The van der Waals surface area contributed by atoms with E-state index >= 15 is 0 Å². The number of carboxylic acids is 1. The van der Waals surface area contributed by atoms with Gasteiger partial charge in [0.25, 0.3) is 0 Å². The number of benzene rings is 1. The summed E-state index contributed by atoms with van der Waals surface area (Å²) in [6.07, 6.45) is 0. The van der Waals surface area contributed by atoms with Gasteiger partial charge < -0.3 is 9.84 Å². The molecule has 90 valence electrons. The maximum absolute atomic E-state index is 13.1. The molecule has 0 aliphatic carbocycles. The Kier molecular flexibility index (Phi) is 3.08. The Balaban J connectivity index is 2.75. The smallest absolute Gasteiger partial charge is 0.346 e. The number of hydrogen-bond donors (Lipinski definition) is 1. The Hall–Kier alpha value is -1.53. The number of halogens is 2. The summed E-state index contributed by atoms with van der Waals surface area (Å²) in [6.45, 7) is 0.0483. The number of methoxy groups -OCH3 is 1. The summed E-state index contributed by atoms with van der Waals surface area (Å²) in [7, 11) is 1.41. The SMILES string of the molecule is COCc1c(C(=O)O)sc2cc(F)c(F)cc12. The third-order valence-electron chi connectivity index (χ3n) is 2.32. The second kappa shape index (κ2) is 4.38. The molecule has 2 aromatic rings. The molecule has 6 heteroatoms. The Morgan fingerprint density at radius 1 is 1.41 bits per heavy atom. The Morgan fingerprint density at radius 3 is 2.65 bits per heavy atom. The van der Waals surface area contributed by atoms with Gasteiger partial charge in [0.1, 0.15) is 4.88 Å². The van der Waals surface area contributed by atoms with Gasteiger partial charge in [-0.05, 0) is 12.1 Å². The number of fused-ring (bicyclic) bond motifs is 1. The van der Waals surface area contributed by atoms with E-state index in [1.165, 1.54) is 7.11 Å². The van der Waals surface area contributed by atoms with E-state index in [2.05, 4.69) is 0 Å². The first-order valence-electron chi connectivity index (χ1n) is 4.67. The molecule has 0 unspecified atom stereocenters. The maximum Gasteiger partial charge on any atom is 0.346 e. The Morgan fingerprint density at radius 2 is 2.06 bits per heavy atom. The Bertz CT molecular complexity index is 592. The van der Waals surface area contributed by atoms with E-state index < -0.39 is 17.6 Å². The van der Waals surface area contributed by atoms with Crippen molar-refractivity contribution in [1.29, 1.82) is 0 Å². The fourth-order valence-electron chi connectivity index (χ4n) is 1.60. The van der Waals surface area contributed by atoms with E-state index in [1.54, 1.807) is 0 Å². The molecule has 1 aromatic heterocycles. The minimum atomic E-state index is -1.13. The van der Waals surface area contributed by atoms with Gasteiger partial charge >= 0.3 is 5.97 Å². The van der Waals surface area contributed by atoms with Gasteiger partial charge in [-0.1, -0.05) is 0 Å². The fraction of sp³-hybridized carbons (Fsp3) is 0.182. The molecule has 0 spiro atoms. The highest BCUT2D eigenvalue weighted by atomic mass is 32.1. The van der Waals surface area contributed by atoms with Crippen LogP contribution in [0.3, 0.4) is 0 Å². The van der Waals surface area contributed by atoms with Crippen LogP contribution in [0.25, 0.3) is 10.1 Å². The van der Waals surface area contributed by atoms with Crippen molar-refractivity contribution >= 4 is 27.4 Å². The van der Waals surface area contributed by atoms with Crippen LogP contribution in [0, 0.1) is 11.6 Å². The minimum Gasteiger partial charge on any atom is -0.477 e. The zero-order valence-electron chi connectivity index (χ0n) is 8.79. The van der Waals surface area contributed by atoms with Crippen LogP contribution in [0.4, 0.5) is 8.78 Å². The van der Waals surface area contributed by atoms with Crippen LogP contribution in [0.2, 0.25) is 0 Å². The molecule has 0 saturated heterocycles. The van der Waals surface area contributed by atoms with Crippen LogP contribution in [0.15, 0.2) is 12.1 Å². The van der Waals surface area contributed by atoms with Crippen LogP contribution in [-0.4, -0.2) is 18.2 Å². The monoisotopic (exact) mass is 258 g/mol. The van der Waals surface area contributed by atoms with Crippen molar-refractivity contribution in [2.24, 2.45) is 0 Å². The topological polar surface area (TPSA) is 46.5 Å². The summed E-state index contributed by atoms with van der Waals surface area (Å²) < 4.78 is 31.4. The predicted octanol–water partition coefficient (Wildman–Crippen LogP) is 3.02. The van der Waals surface area contributed by atoms with Gasteiger partial charge in [-0.3, -0.25) is 0 Å². The van der Waals surface area contributed by atoms with Crippen LogP contribution in [0.1, 0.15) is 15.2 Å². The van der Waals surface area contributed by atoms with Gasteiger partial charge in [0.05, 0.1) is 6.61 Å². The normalized spacial score (nSPS) is 11.0. The van der Waals surface area contributed by atoms with E-state index in [9.17, 15) is 13.6 Å². The number of hydrogen-bond acceptors (Lipinski definition) is 3. The third-order valence-corrected chi connectivity index (χ3v) is 3.50. The molecule has 0 atom stereocenters. The van der Waals surface area contributed by atoms with Gasteiger partial charge in [0.2, 0.25) is 0 Å². The summed E-state index contributed by atoms with van der Waals surface area (Å²) in [6, 6.07) is 2.00. The summed E-state index contributed by atoms with van der Waals surface area (Å²) in [4.78, 5) is 11.1. The first-order valence-corrected chi connectivity index (χ1v) is 5.49. The largest absolute Gasteiger partial charge is 0.477 e. The third kappa shape index (κ3) is 2.01. The molecule has 1 aromatic carbocycles. The molecule has 1 N–H and O–H groups in total. The number of thiophene rings is 1. The standard InChI is InChI=1S/C11H8F2O3S/c1-16-4-6-5-2-7(12)8(13)3-9(5)17-10(6)11(14)15/h2-3H,4H2,1H3,(H,14,15). The van der Waals surface area contributed by atoms with Gasteiger partial charge in [-0.15, -0.1) is 11.3 Å². The second-order valence-electron chi connectivity index (χ2n) is 3.41. The van der Waals surface area contributed by atoms with Crippen molar-refractivity contribution in [2.45, 2.75) is 6.61 Å². The molecule has 0 radical (unpaired) electrons. The molecule has 0 fully saturated rings. The quantitative estimate of drug-likeness (QED) is 0.920. The first-order chi connectivity index (χ1) is 8.04. The van der Waals surface area contributed by atoms with Gasteiger partial charge in [-0.25, -0.2) is 13.6 Å². The molecular formula is C11H8F2O3S. The lowest BCUT2D eigenvalue weighted by Gasteiger charge is -2.00. The van der Waals surface area contributed by atoms with Crippen LogP contribution in [0.5, 0.6) is 0 Å². The van der Waals surface area contributed by atoms with E-state index in [0.717, 1.165) is 23.5 Å². The van der Waals surface area contributed by atoms with E-state index in [4.69, 9.17) is 9.84 Å². The molecular weight excluding hydrogens is 250 g/mol. The van der Waals surface area contributed by atoms with Crippen LogP contribution >= 0.6 is 11.3 Å². The van der Waals surface area contributed by atoms with Crippen molar-refractivity contribution in [3.8, 4) is 0 Å². The highest BCUT2D eigenvalue weighted by molar-refractivity contribution is 7.21. The van der Waals surface area contributed by atoms with E-state index in [-0.39, 0.29) is 11.5 Å². The number of carboxylic acid groups (broad SMARTS) is 1. The lowest BCUT2D eigenvalue weighted by Crippen LogP contribution is -1.99. The molecule has 3 nitrogen and oxygen atoms in total. The average molecular weight is 258 g/mol. The number of aromatic carboxylic acids is 1. The zero-order valence-corrected chi connectivity index (χ0v) is 9.61. The van der Waals surface area contributed by atoms with Crippen molar-refractivity contribution in [1.82, 2.24) is 0 Å². The highest BCUT2D eigenvalue weighted by Gasteiger charge is 2.19. The minimum absolute atomic E-state index is 0.0480. The van der Waals surface area contributed by atoms with Crippen molar-refractivity contribution in [3.63, 3.8) is 0 Å². The van der Waals surface area contributed by atoms with E-state index in [1.807, 2.05) is 0 Å². The molecule has 0 aliphatic heterocycles. The molecule has 0 amide bonds. The van der Waals surface area contributed by atoms with Gasteiger partial charge in [0, 0.05) is 22.8 Å². The summed E-state index contributed by atoms with van der Waals surface area (Å²) in [5.41, 5.74) is 0.374. The fourth-order valence-corrected chi connectivity index (χ4v) is 2.66. The lowest BCUT2D eigenvalue weighted by molar-refractivity contribution is 0.0698. The molecule has 0 aliphatic rings. The molecule has 2 rings (SSSR count). The van der Waals surface area contributed by atoms with Crippen LogP contribution < -0.4 is 0 Å². The van der Waals surface area contributed by atoms with Crippen LogP contribution in [-0.2, 0) is 11.3 Å². The summed E-state index contributed by atoms with van der Waals surface area (Å²) >= 11 is 0.909. The number of ether oxygens (including phenoxy) is 1. The lowest BCUT2D eigenvalue weighted by atomic mass is 10.1.